The van der Waals surface area contributed by atoms with E-state index in [1.807, 2.05) is 0 Å². The zero-order valence-electron chi connectivity index (χ0n) is 9.50. The standard InChI is InChI=1S/C11H13NO5S/c12-9-3-1-2-8(11(13)14)10(9)17-7-4-5-18(15,16)6-7/h1-3,7H,4-6,12H2,(H,13,14). The lowest BCUT2D eigenvalue weighted by Gasteiger charge is -2.15. The molecule has 6 nitrogen and oxygen atoms in total. The Hall–Kier alpha value is -1.76. The van der Waals surface area contributed by atoms with Crippen LogP contribution in [0.1, 0.15) is 16.8 Å². The molecule has 1 aliphatic rings. The number of nitrogens with two attached hydrogens (primary N) is 1. The van der Waals surface area contributed by atoms with Gasteiger partial charge in [-0.25, -0.2) is 13.2 Å². The van der Waals surface area contributed by atoms with Crippen molar-refractivity contribution < 1.29 is 23.1 Å². The molecule has 18 heavy (non-hydrogen) atoms. The second kappa shape index (κ2) is 4.49. The van der Waals surface area contributed by atoms with E-state index in [1.54, 1.807) is 0 Å². The van der Waals surface area contributed by atoms with Crippen LogP contribution in [0.25, 0.3) is 0 Å². The lowest BCUT2D eigenvalue weighted by Crippen LogP contribution is -2.20. The Balaban J connectivity index is 2.27. The van der Waals surface area contributed by atoms with Crippen molar-refractivity contribution in [1.29, 1.82) is 0 Å². The Morgan fingerprint density at radius 1 is 1.44 bits per heavy atom. The highest BCUT2D eigenvalue weighted by molar-refractivity contribution is 7.91. The third kappa shape index (κ3) is 2.56. The van der Waals surface area contributed by atoms with Gasteiger partial charge in [0.05, 0.1) is 17.2 Å². The molecule has 1 aromatic rings. The van der Waals surface area contributed by atoms with Crippen LogP contribution >= 0.6 is 0 Å². The van der Waals surface area contributed by atoms with Crippen LogP contribution in [0, 0.1) is 0 Å². The summed E-state index contributed by atoms with van der Waals surface area (Å²) < 4.78 is 28.1. The number of sulfone groups is 1. The van der Waals surface area contributed by atoms with Gasteiger partial charge in [-0.2, -0.15) is 0 Å². The van der Waals surface area contributed by atoms with Crippen molar-refractivity contribution in [2.45, 2.75) is 12.5 Å². The molecule has 2 rings (SSSR count). The minimum Gasteiger partial charge on any atom is -0.486 e. The minimum atomic E-state index is -3.07. The van der Waals surface area contributed by atoms with Crippen LogP contribution in [-0.4, -0.2) is 37.1 Å². The molecule has 1 fully saturated rings. The van der Waals surface area contributed by atoms with Crippen LogP contribution in [0.3, 0.4) is 0 Å². The van der Waals surface area contributed by atoms with Gasteiger partial charge in [0.2, 0.25) is 0 Å². The number of nitrogen functional groups attached to an aromatic ring is 1. The van der Waals surface area contributed by atoms with E-state index in [4.69, 9.17) is 15.6 Å². The van der Waals surface area contributed by atoms with Crippen molar-refractivity contribution >= 4 is 21.5 Å². The molecule has 1 aliphatic heterocycles. The topological polar surface area (TPSA) is 107 Å². The number of carboxylic acid groups (broad SMARTS) is 1. The number of anilines is 1. The highest BCUT2D eigenvalue weighted by atomic mass is 32.2. The van der Waals surface area contributed by atoms with Crippen LogP contribution in [0.2, 0.25) is 0 Å². The van der Waals surface area contributed by atoms with Gasteiger partial charge in [0.1, 0.15) is 11.7 Å². The summed E-state index contributed by atoms with van der Waals surface area (Å²) in [6, 6.07) is 4.40. The maximum Gasteiger partial charge on any atom is 0.339 e. The zero-order chi connectivity index (χ0) is 13.3. The van der Waals surface area contributed by atoms with Crippen LogP contribution in [-0.2, 0) is 9.84 Å². The molecule has 0 bridgehead atoms. The van der Waals surface area contributed by atoms with Gasteiger partial charge in [-0.1, -0.05) is 6.07 Å². The SMILES string of the molecule is Nc1cccc(C(=O)O)c1OC1CCS(=O)(=O)C1. The van der Waals surface area contributed by atoms with Gasteiger partial charge in [-0.3, -0.25) is 0 Å². The van der Waals surface area contributed by atoms with Crippen molar-refractivity contribution in [2.24, 2.45) is 0 Å². The van der Waals surface area contributed by atoms with Crippen molar-refractivity contribution in [1.82, 2.24) is 0 Å². The third-order valence-electron chi connectivity index (χ3n) is 2.75. The number of hydrogen-bond acceptors (Lipinski definition) is 5. The molecule has 1 unspecified atom stereocenters. The van der Waals surface area contributed by atoms with Crippen LogP contribution in [0.15, 0.2) is 18.2 Å². The van der Waals surface area contributed by atoms with Crippen LogP contribution in [0.4, 0.5) is 5.69 Å². The Labute approximate surface area is 104 Å². The fourth-order valence-corrected chi connectivity index (χ4v) is 3.47. The van der Waals surface area contributed by atoms with Gasteiger partial charge in [-0.05, 0) is 18.6 Å². The Morgan fingerprint density at radius 2 is 2.17 bits per heavy atom. The van der Waals surface area contributed by atoms with Crippen molar-refractivity contribution in [3.63, 3.8) is 0 Å². The number of carbonyl (C=O) groups is 1. The summed E-state index contributed by atoms with van der Waals surface area (Å²) in [5, 5.41) is 9.01. The average molecular weight is 271 g/mol. The van der Waals surface area contributed by atoms with Gasteiger partial charge in [0.25, 0.3) is 0 Å². The van der Waals surface area contributed by atoms with E-state index in [0.717, 1.165) is 0 Å². The van der Waals surface area contributed by atoms with E-state index in [1.165, 1.54) is 18.2 Å². The van der Waals surface area contributed by atoms with Gasteiger partial charge in [0, 0.05) is 0 Å². The zero-order valence-corrected chi connectivity index (χ0v) is 10.3. The number of para-hydroxylation sites is 1. The highest BCUT2D eigenvalue weighted by Gasteiger charge is 2.30. The molecule has 0 spiro atoms. The first kappa shape index (κ1) is 12.7. The van der Waals surface area contributed by atoms with Crippen LogP contribution < -0.4 is 10.5 Å². The smallest absolute Gasteiger partial charge is 0.339 e. The Kier molecular flexibility index (Phi) is 3.16. The monoisotopic (exact) mass is 271 g/mol. The Morgan fingerprint density at radius 3 is 2.72 bits per heavy atom. The first-order valence-electron chi connectivity index (χ1n) is 5.38. The number of ether oxygens (including phenoxy) is 1. The third-order valence-corrected chi connectivity index (χ3v) is 4.49. The molecule has 3 N–H and O–H groups in total. The summed E-state index contributed by atoms with van der Waals surface area (Å²) in [7, 11) is -3.07. The molecule has 1 aromatic carbocycles. The van der Waals surface area contributed by atoms with E-state index in [-0.39, 0.29) is 28.5 Å². The fourth-order valence-electron chi connectivity index (χ4n) is 1.88. The molecule has 0 amide bonds. The first-order chi connectivity index (χ1) is 8.39. The fraction of sp³-hybridized carbons (Fsp3) is 0.364. The van der Waals surface area contributed by atoms with Gasteiger partial charge < -0.3 is 15.6 Å². The predicted octanol–water partition coefficient (Wildman–Crippen LogP) is 0.533. The summed E-state index contributed by atoms with van der Waals surface area (Å²) in [6.07, 6.45) is -0.173. The molecule has 0 aliphatic carbocycles. The van der Waals surface area contributed by atoms with Crippen LogP contribution in [0.5, 0.6) is 5.75 Å². The normalized spacial score (nSPS) is 21.7. The number of carboxylic acids is 1. The summed E-state index contributed by atoms with van der Waals surface area (Å²) in [5.74, 6) is -1.14. The number of hydrogen-bond donors (Lipinski definition) is 2. The molecule has 0 radical (unpaired) electrons. The summed E-state index contributed by atoms with van der Waals surface area (Å²) in [4.78, 5) is 11.0. The quantitative estimate of drug-likeness (QED) is 0.777. The molecule has 1 atom stereocenters. The van der Waals surface area contributed by atoms with E-state index in [0.29, 0.717) is 6.42 Å². The molecule has 7 heteroatoms. The molecular weight excluding hydrogens is 258 g/mol. The molecule has 1 saturated heterocycles. The molecule has 0 aromatic heterocycles. The largest absolute Gasteiger partial charge is 0.486 e. The van der Waals surface area contributed by atoms with E-state index >= 15 is 0 Å². The summed E-state index contributed by atoms with van der Waals surface area (Å²) >= 11 is 0. The second-order valence-corrected chi connectivity index (χ2v) is 6.40. The molecule has 98 valence electrons. The predicted molar refractivity (Wildman–Crippen MR) is 65.5 cm³/mol. The van der Waals surface area contributed by atoms with Crippen molar-refractivity contribution in [3.8, 4) is 5.75 Å². The summed E-state index contributed by atoms with van der Waals surface area (Å²) in [5.41, 5.74) is 5.80. The Bertz CT molecular complexity index is 581. The number of benzene rings is 1. The second-order valence-electron chi connectivity index (χ2n) is 4.17. The van der Waals surface area contributed by atoms with Gasteiger partial charge in [-0.15, -0.1) is 0 Å². The first-order valence-corrected chi connectivity index (χ1v) is 7.20. The van der Waals surface area contributed by atoms with Crippen molar-refractivity contribution in [2.75, 3.05) is 17.2 Å². The number of rotatable bonds is 3. The highest BCUT2D eigenvalue weighted by Crippen LogP contribution is 2.29. The number of aromatic carboxylic acids is 1. The maximum absolute atomic E-state index is 11.3. The molecular formula is C11H13NO5S. The van der Waals surface area contributed by atoms with E-state index in [2.05, 4.69) is 0 Å². The lowest BCUT2D eigenvalue weighted by molar-refractivity contribution is 0.0690. The van der Waals surface area contributed by atoms with Crippen molar-refractivity contribution in [3.05, 3.63) is 23.8 Å². The molecule has 0 saturated carbocycles. The van der Waals surface area contributed by atoms with E-state index < -0.39 is 21.9 Å². The summed E-state index contributed by atoms with van der Waals surface area (Å²) in [6.45, 7) is 0. The van der Waals surface area contributed by atoms with E-state index in [9.17, 15) is 13.2 Å². The lowest BCUT2D eigenvalue weighted by atomic mass is 10.1. The van der Waals surface area contributed by atoms with Gasteiger partial charge in [0.15, 0.2) is 15.6 Å². The maximum atomic E-state index is 11.3. The minimum absolute atomic E-state index is 0.0482. The van der Waals surface area contributed by atoms with Gasteiger partial charge >= 0.3 is 5.97 Å². The average Bonchev–Trinajstić information content (AvgIpc) is 2.61. The molecule has 1 heterocycles.